The molecule has 6 heteroatoms. The summed E-state index contributed by atoms with van der Waals surface area (Å²) in [5.41, 5.74) is 9.55. The van der Waals surface area contributed by atoms with Gasteiger partial charge in [-0.05, 0) is 60.7 Å². The van der Waals surface area contributed by atoms with Crippen molar-refractivity contribution in [3.05, 3.63) is 72.8 Å². The number of hydrogen-bond acceptors (Lipinski definition) is 5. The number of nitrogens with one attached hydrogen (secondary N) is 1. The maximum absolute atomic E-state index is 12.1. The van der Waals surface area contributed by atoms with Crippen molar-refractivity contribution in [1.82, 2.24) is 4.98 Å². The van der Waals surface area contributed by atoms with Crippen LogP contribution in [-0.4, -0.2) is 16.6 Å². The van der Waals surface area contributed by atoms with Gasteiger partial charge >= 0.3 is 0 Å². The average molecular weight is 375 g/mol. The largest absolute Gasteiger partial charge is 0.436 e. The average Bonchev–Trinajstić information content (AvgIpc) is 3.12. The first-order valence-corrected chi connectivity index (χ1v) is 9.40. The molecule has 3 aromatic carbocycles. The Bertz CT molecular complexity index is 1040. The number of amides is 1. The lowest BCUT2D eigenvalue weighted by Crippen LogP contribution is -2.13. The minimum Gasteiger partial charge on any atom is -0.436 e. The Labute approximate surface area is 160 Å². The van der Waals surface area contributed by atoms with Gasteiger partial charge in [-0.15, -0.1) is 11.8 Å². The Morgan fingerprint density at radius 3 is 2.48 bits per heavy atom. The van der Waals surface area contributed by atoms with Crippen LogP contribution in [0.15, 0.2) is 82.1 Å². The zero-order valence-electron chi connectivity index (χ0n) is 14.4. The number of nitrogens with zero attached hydrogens (tertiary/aromatic N) is 1. The lowest BCUT2D eigenvalue weighted by molar-refractivity contribution is -0.113. The molecule has 0 fully saturated rings. The van der Waals surface area contributed by atoms with Gasteiger partial charge < -0.3 is 15.5 Å². The molecule has 4 aromatic rings. The van der Waals surface area contributed by atoms with E-state index in [1.807, 2.05) is 72.8 Å². The second kappa shape index (κ2) is 7.55. The molecule has 3 N–H and O–H groups in total. The quantitative estimate of drug-likeness (QED) is 0.386. The van der Waals surface area contributed by atoms with Crippen LogP contribution in [0.5, 0.6) is 0 Å². The van der Waals surface area contributed by atoms with Crippen LogP contribution in [0.1, 0.15) is 0 Å². The van der Waals surface area contributed by atoms with Crippen LogP contribution < -0.4 is 11.1 Å². The molecular formula is C21H17N3O2S. The highest BCUT2D eigenvalue weighted by Gasteiger charge is 2.08. The van der Waals surface area contributed by atoms with E-state index in [9.17, 15) is 4.79 Å². The highest BCUT2D eigenvalue weighted by Crippen LogP contribution is 2.25. The van der Waals surface area contributed by atoms with E-state index in [2.05, 4.69) is 10.3 Å². The lowest BCUT2D eigenvalue weighted by atomic mass is 10.2. The summed E-state index contributed by atoms with van der Waals surface area (Å²) >= 11 is 1.47. The summed E-state index contributed by atoms with van der Waals surface area (Å²) in [6, 6.07) is 22.6. The van der Waals surface area contributed by atoms with Crippen LogP contribution >= 0.6 is 11.8 Å². The van der Waals surface area contributed by atoms with Crippen molar-refractivity contribution in [3.8, 4) is 11.5 Å². The molecule has 5 nitrogen and oxygen atoms in total. The minimum atomic E-state index is -0.0635. The fourth-order valence-corrected chi connectivity index (χ4v) is 3.30. The monoisotopic (exact) mass is 375 g/mol. The van der Waals surface area contributed by atoms with E-state index >= 15 is 0 Å². The summed E-state index contributed by atoms with van der Waals surface area (Å²) in [5, 5.41) is 2.89. The van der Waals surface area contributed by atoms with Crippen molar-refractivity contribution >= 4 is 40.1 Å². The van der Waals surface area contributed by atoms with Crippen LogP contribution in [0.4, 0.5) is 11.4 Å². The van der Waals surface area contributed by atoms with Crippen LogP contribution in [0.25, 0.3) is 22.6 Å². The Balaban J connectivity index is 1.38. The molecule has 0 aliphatic rings. The number of carbonyl (C=O) groups is 1. The zero-order valence-corrected chi connectivity index (χ0v) is 15.2. The molecule has 134 valence electrons. The predicted molar refractivity (Wildman–Crippen MR) is 110 cm³/mol. The third-order valence-corrected chi connectivity index (χ3v) is 4.97. The van der Waals surface area contributed by atoms with Crippen LogP contribution in [0.2, 0.25) is 0 Å². The van der Waals surface area contributed by atoms with E-state index in [1.165, 1.54) is 11.8 Å². The second-order valence-corrected chi connectivity index (χ2v) is 7.02. The Morgan fingerprint density at radius 2 is 1.74 bits per heavy atom. The topological polar surface area (TPSA) is 81.2 Å². The molecule has 0 saturated heterocycles. The fourth-order valence-electron chi connectivity index (χ4n) is 2.60. The highest BCUT2D eigenvalue weighted by molar-refractivity contribution is 8.00. The number of nitrogens with two attached hydrogens (primary N) is 1. The Kier molecular flexibility index (Phi) is 4.80. The van der Waals surface area contributed by atoms with Gasteiger partial charge in [0.1, 0.15) is 5.52 Å². The maximum atomic E-state index is 12.1. The minimum absolute atomic E-state index is 0.0635. The molecule has 0 radical (unpaired) electrons. The van der Waals surface area contributed by atoms with E-state index in [-0.39, 0.29) is 5.91 Å². The molecule has 4 rings (SSSR count). The maximum Gasteiger partial charge on any atom is 0.234 e. The Morgan fingerprint density at radius 1 is 1.00 bits per heavy atom. The molecule has 0 atom stereocenters. The van der Waals surface area contributed by atoms with E-state index in [1.54, 1.807) is 0 Å². The van der Waals surface area contributed by atoms with E-state index in [4.69, 9.17) is 10.2 Å². The summed E-state index contributed by atoms with van der Waals surface area (Å²) < 4.78 is 5.76. The van der Waals surface area contributed by atoms with E-state index in [0.29, 0.717) is 17.3 Å². The van der Waals surface area contributed by atoms with Gasteiger partial charge in [-0.3, -0.25) is 4.79 Å². The number of aromatic nitrogens is 1. The second-order valence-electron chi connectivity index (χ2n) is 5.97. The van der Waals surface area contributed by atoms with Gasteiger partial charge in [-0.25, -0.2) is 4.98 Å². The first-order chi connectivity index (χ1) is 13.2. The van der Waals surface area contributed by atoms with Gasteiger partial charge in [0.15, 0.2) is 5.58 Å². The normalized spacial score (nSPS) is 10.8. The van der Waals surface area contributed by atoms with E-state index < -0.39 is 0 Å². The van der Waals surface area contributed by atoms with Gasteiger partial charge in [-0.1, -0.05) is 12.1 Å². The molecule has 0 spiro atoms. The summed E-state index contributed by atoms with van der Waals surface area (Å²) in [4.78, 5) is 17.6. The van der Waals surface area contributed by atoms with Crippen LogP contribution in [-0.2, 0) is 4.79 Å². The smallest absolute Gasteiger partial charge is 0.234 e. The number of para-hydroxylation sites is 2. The van der Waals surface area contributed by atoms with E-state index in [0.717, 1.165) is 27.2 Å². The van der Waals surface area contributed by atoms with Crippen molar-refractivity contribution < 1.29 is 9.21 Å². The third kappa shape index (κ3) is 4.12. The SMILES string of the molecule is Nc1ccc(SCC(=O)Nc2ccc(-c3nc4ccccc4o3)cc2)cc1. The lowest BCUT2D eigenvalue weighted by Gasteiger charge is -2.06. The van der Waals surface area contributed by atoms with Gasteiger partial charge in [-0.2, -0.15) is 0 Å². The molecule has 0 unspecified atom stereocenters. The molecule has 0 saturated carbocycles. The summed E-state index contributed by atoms with van der Waals surface area (Å²) in [6.07, 6.45) is 0. The first-order valence-electron chi connectivity index (χ1n) is 8.41. The number of thioether (sulfide) groups is 1. The van der Waals surface area contributed by atoms with Gasteiger partial charge in [0.25, 0.3) is 0 Å². The van der Waals surface area contributed by atoms with Crippen LogP contribution in [0, 0.1) is 0 Å². The molecule has 1 heterocycles. The molecule has 0 aliphatic carbocycles. The third-order valence-electron chi connectivity index (χ3n) is 3.96. The number of nitrogen functional groups attached to an aromatic ring is 1. The van der Waals surface area contributed by atoms with Crippen molar-refractivity contribution in [2.24, 2.45) is 0 Å². The number of hydrogen-bond donors (Lipinski definition) is 2. The number of oxazole rings is 1. The molecule has 0 aliphatic heterocycles. The molecule has 1 amide bonds. The molecule has 0 bridgehead atoms. The Hall–Kier alpha value is -3.25. The number of benzene rings is 3. The molecule has 27 heavy (non-hydrogen) atoms. The summed E-state index contributed by atoms with van der Waals surface area (Å²) in [7, 11) is 0. The van der Waals surface area contributed by atoms with Crippen LogP contribution in [0.3, 0.4) is 0 Å². The van der Waals surface area contributed by atoms with Crippen molar-refractivity contribution in [2.45, 2.75) is 4.90 Å². The zero-order chi connectivity index (χ0) is 18.6. The highest BCUT2D eigenvalue weighted by atomic mass is 32.2. The van der Waals surface area contributed by atoms with Gasteiger partial charge in [0, 0.05) is 21.8 Å². The molecular weight excluding hydrogens is 358 g/mol. The summed E-state index contributed by atoms with van der Waals surface area (Å²) in [5.74, 6) is 0.830. The first kappa shape index (κ1) is 17.2. The summed E-state index contributed by atoms with van der Waals surface area (Å²) in [6.45, 7) is 0. The fraction of sp³-hybridized carbons (Fsp3) is 0.0476. The number of fused-ring (bicyclic) bond motifs is 1. The predicted octanol–water partition coefficient (Wildman–Crippen LogP) is 4.81. The van der Waals surface area contributed by atoms with Gasteiger partial charge in [0.2, 0.25) is 11.8 Å². The molecule has 1 aromatic heterocycles. The number of rotatable bonds is 5. The number of anilines is 2. The van der Waals surface area contributed by atoms with Crippen molar-refractivity contribution in [3.63, 3.8) is 0 Å². The number of carbonyl (C=O) groups excluding carboxylic acids is 1. The van der Waals surface area contributed by atoms with Crippen molar-refractivity contribution in [2.75, 3.05) is 16.8 Å². The van der Waals surface area contributed by atoms with Crippen molar-refractivity contribution in [1.29, 1.82) is 0 Å². The standard InChI is InChI=1S/C21H17N3O2S/c22-15-7-11-17(12-8-15)27-13-20(25)23-16-9-5-14(6-10-16)21-24-18-3-1-2-4-19(18)26-21/h1-12H,13,22H2,(H,23,25). The van der Waals surface area contributed by atoms with Gasteiger partial charge in [0.05, 0.1) is 5.75 Å².